The fourth-order valence-corrected chi connectivity index (χ4v) is 4.94. The number of halogens is 1. The smallest absolute Gasteiger partial charge is 0.264 e. The Labute approximate surface area is 147 Å². The molecule has 0 radical (unpaired) electrons. The third-order valence-corrected chi connectivity index (χ3v) is 7.02. The standard InChI is InChI=1S/C16H19FN2O4S2/c1-3-19(4-2)25(22,23)14-9-7-8-13(12-14)18-24(20,21)16-11-6-5-10-15(16)17/h5-12,18H,3-4H2,1-2H3. The summed E-state index contributed by atoms with van der Waals surface area (Å²) in [5, 5.41) is 0. The maximum Gasteiger partial charge on any atom is 0.264 e. The first kappa shape index (κ1) is 19.4. The summed E-state index contributed by atoms with van der Waals surface area (Å²) in [7, 11) is -7.90. The summed E-state index contributed by atoms with van der Waals surface area (Å²) in [6, 6.07) is 10.4. The Morgan fingerprint density at radius 1 is 0.960 bits per heavy atom. The van der Waals surface area contributed by atoms with Crippen molar-refractivity contribution in [1.29, 1.82) is 0 Å². The lowest BCUT2D eigenvalue weighted by Crippen LogP contribution is -2.30. The van der Waals surface area contributed by atoms with Gasteiger partial charge in [0.15, 0.2) is 0 Å². The summed E-state index contributed by atoms with van der Waals surface area (Å²) in [6.45, 7) is 4.02. The van der Waals surface area contributed by atoms with Crippen molar-refractivity contribution in [3.05, 3.63) is 54.3 Å². The molecule has 136 valence electrons. The van der Waals surface area contributed by atoms with Crippen molar-refractivity contribution < 1.29 is 21.2 Å². The van der Waals surface area contributed by atoms with Gasteiger partial charge in [-0.25, -0.2) is 21.2 Å². The molecule has 2 aromatic carbocycles. The molecule has 0 aliphatic heterocycles. The molecule has 9 heteroatoms. The van der Waals surface area contributed by atoms with Crippen molar-refractivity contribution in [2.75, 3.05) is 17.8 Å². The largest absolute Gasteiger partial charge is 0.280 e. The predicted molar refractivity (Wildman–Crippen MR) is 93.8 cm³/mol. The lowest BCUT2D eigenvalue weighted by Gasteiger charge is -2.19. The second-order valence-corrected chi connectivity index (χ2v) is 8.74. The van der Waals surface area contributed by atoms with Crippen LogP contribution in [0.2, 0.25) is 0 Å². The molecule has 0 fully saturated rings. The molecule has 0 saturated carbocycles. The molecule has 0 unspecified atom stereocenters. The van der Waals surface area contributed by atoms with Crippen molar-refractivity contribution in [3.8, 4) is 0 Å². The van der Waals surface area contributed by atoms with E-state index in [1.165, 1.54) is 40.7 Å². The molecule has 0 amide bonds. The fourth-order valence-electron chi connectivity index (χ4n) is 2.31. The first-order valence-electron chi connectivity index (χ1n) is 7.60. The van der Waals surface area contributed by atoms with E-state index in [4.69, 9.17) is 0 Å². The number of anilines is 1. The van der Waals surface area contributed by atoms with Gasteiger partial charge in [-0.1, -0.05) is 32.0 Å². The molecule has 2 aromatic rings. The number of hydrogen-bond acceptors (Lipinski definition) is 4. The normalized spacial score (nSPS) is 12.3. The van der Waals surface area contributed by atoms with Gasteiger partial charge in [0.05, 0.1) is 10.6 Å². The van der Waals surface area contributed by atoms with E-state index in [0.717, 1.165) is 12.1 Å². The van der Waals surface area contributed by atoms with Crippen LogP contribution in [0.1, 0.15) is 13.8 Å². The van der Waals surface area contributed by atoms with Gasteiger partial charge in [-0.05, 0) is 30.3 Å². The summed E-state index contributed by atoms with van der Waals surface area (Å²) < 4.78 is 66.9. The minimum atomic E-state index is -4.17. The van der Waals surface area contributed by atoms with Crippen LogP contribution in [0.5, 0.6) is 0 Å². The minimum Gasteiger partial charge on any atom is -0.280 e. The van der Waals surface area contributed by atoms with E-state index in [2.05, 4.69) is 4.72 Å². The van der Waals surface area contributed by atoms with Crippen molar-refractivity contribution in [2.24, 2.45) is 0 Å². The lowest BCUT2D eigenvalue weighted by atomic mass is 10.3. The summed E-state index contributed by atoms with van der Waals surface area (Å²) >= 11 is 0. The van der Waals surface area contributed by atoms with Gasteiger partial charge in [0, 0.05) is 13.1 Å². The molecule has 0 atom stereocenters. The molecule has 0 aromatic heterocycles. The highest BCUT2D eigenvalue weighted by Gasteiger charge is 2.23. The fraction of sp³-hybridized carbons (Fsp3) is 0.250. The molecule has 0 heterocycles. The van der Waals surface area contributed by atoms with Crippen molar-refractivity contribution in [3.63, 3.8) is 0 Å². The quantitative estimate of drug-likeness (QED) is 0.793. The van der Waals surface area contributed by atoms with Gasteiger partial charge < -0.3 is 0 Å². The summed E-state index contributed by atoms with van der Waals surface area (Å²) in [5.41, 5.74) is 0.0384. The third-order valence-electron chi connectivity index (χ3n) is 3.56. The van der Waals surface area contributed by atoms with Crippen LogP contribution in [0.4, 0.5) is 10.1 Å². The van der Waals surface area contributed by atoms with Crippen LogP contribution in [0.3, 0.4) is 0 Å². The number of benzene rings is 2. The highest BCUT2D eigenvalue weighted by molar-refractivity contribution is 7.92. The van der Waals surface area contributed by atoms with Crippen LogP contribution in [-0.2, 0) is 20.0 Å². The van der Waals surface area contributed by atoms with E-state index in [1.54, 1.807) is 13.8 Å². The average Bonchev–Trinajstić information content (AvgIpc) is 2.55. The highest BCUT2D eigenvalue weighted by atomic mass is 32.2. The first-order chi connectivity index (χ1) is 11.7. The van der Waals surface area contributed by atoms with Gasteiger partial charge in [0.2, 0.25) is 10.0 Å². The molecule has 6 nitrogen and oxygen atoms in total. The molecule has 25 heavy (non-hydrogen) atoms. The Morgan fingerprint density at radius 2 is 1.60 bits per heavy atom. The average molecular weight is 386 g/mol. The second kappa shape index (κ2) is 7.51. The van der Waals surface area contributed by atoms with E-state index in [-0.39, 0.29) is 10.6 Å². The van der Waals surface area contributed by atoms with E-state index in [9.17, 15) is 21.2 Å². The van der Waals surface area contributed by atoms with Crippen molar-refractivity contribution >= 4 is 25.7 Å². The maximum atomic E-state index is 13.7. The Hall–Kier alpha value is -1.97. The number of nitrogens with one attached hydrogen (secondary N) is 1. The van der Waals surface area contributed by atoms with Gasteiger partial charge in [-0.3, -0.25) is 4.72 Å². The molecule has 0 bridgehead atoms. The number of rotatable bonds is 7. The lowest BCUT2D eigenvalue weighted by molar-refractivity contribution is 0.445. The van der Waals surface area contributed by atoms with Gasteiger partial charge in [-0.2, -0.15) is 4.31 Å². The molecule has 0 saturated heterocycles. The summed E-state index contributed by atoms with van der Waals surface area (Å²) in [6.07, 6.45) is 0. The Bertz CT molecular complexity index is 956. The zero-order valence-electron chi connectivity index (χ0n) is 13.8. The van der Waals surface area contributed by atoms with Crippen LogP contribution >= 0.6 is 0 Å². The summed E-state index contributed by atoms with van der Waals surface area (Å²) in [4.78, 5) is -0.545. The molecule has 2 rings (SSSR count). The molecule has 0 aliphatic carbocycles. The van der Waals surface area contributed by atoms with Crippen LogP contribution in [-0.4, -0.2) is 34.2 Å². The molecule has 0 spiro atoms. The second-order valence-electron chi connectivity index (χ2n) is 5.15. The van der Waals surface area contributed by atoms with E-state index in [0.29, 0.717) is 13.1 Å². The highest BCUT2D eigenvalue weighted by Crippen LogP contribution is 2.23. The first-order valence-corrected chi connectivity index (χ1v) is 10.5. The Balaban J connectivity index is 2.39. The Morgan fingerprint density at radius 3 is 2.20 bits per heavy atom. The monoisotopic (exact) mass is 386 g/mol. The number of sulfonamides is 2. The van der Waals surface area contributed by atoms with Crippen LogP contribution in [0.25, 0.3) is 0 Å². The third kappa shape index (κ3) is 4.17. The number of hydrogen-bond donors (Lipinski definition) is 1. The molecule has 1 N–H and O–H groups in total. The topological polar surface area (TPSA) is 83.6 Å². The summed E-state index contributed by atoms with van der Waals surface area (Å²) in [5.74, 6) is -0.887. The van der Waals surface area contributed by atoms with Crippen LogP contribution < -0.4 is 4.72 Å². The van der Waals surface area contributed by atoms with Crippen molar-refractivity contribution in [1.82, 2.24) is 4.31 Å². The van der Waals surface area contributed by atoms with Gasteiger partial charge in [0.25, 0.3) is 10.0 Å². The van der Waals surface area contributed by atoms with Gasteiger partial charge >= 0.3 is 0 Å². The van der Waals surface area contributed by atoms with E-state index < -0.39 is 30.8 Å². The van der Waals surface area contributed by atoms with Gasteiger partial charge in [0.1, 0.15) is 10.7 Å². The van der Waals surface area contributed by atoms with Crippen LogP contribution in [0.15, 0.2) is 58.3 Å². The van der Waals surface area contributed by atoms with Gasteiger partial charge in [-0.15, -0.1) is 0 Å². The molecular weight excluding hydrogens is 367 g/mol. The van der Waals surface area contributed by atoms with Crippen LogP contribution in [0, 0.1) is 5.82 Å². The minimum absolute atomic E-state index is 0.0371. The zero-order chi connectivity index (χ0) is 18.7. The predicted octanol–water partition coefficient (Wildman–Crippen LogP) is 2.66. The Kier molecular flexibility index (Phi) is 5.81. The van der Waals surface area contributed by atoms with E-state index in [1.807, 2.05) is 0 Å². The number of nitrogens with zero attached hydrogens (tertiary/aromatic N) is 1. The van der Waals surface area contributed by atoms with E-state index >= 15 is 0 Å². The SMILES string of the molecule is CCN(CC)S(=O)(=O)c1cccc(NS(=O)(=O)c2ccccc2F)c1. The molecular formula is C16H19FN2O4S2. The zero-order valence-corrected chi connectivity index (χ0v) is 15.4. The molecule has 0 aliphatic rings. The maximum absolute atomic E-state index is 13.7. The van der Waals surface area contributed by atoms with Crippen molar-refractivity contribution in [2.45, 2.75) is 23.6 Å².